The van der Waals surface area contributed by atoms with Crippen LogP contribution in [0.1, 0.15) is 6.42 Å². The molecule has 0 aliphatic carbocycles. The second-order valence-electron chi connectivity index (χ2n) is 7.95. The average molecular weight is 422 g/mol. The molecule has 0 amide bonds. The van der Waals surface area contributed by atoms with Crippen LogP contribution in [0.15, 0.2) is 29.3 Å². The standard InChI is InChI=1S/C21H32FN5OS/c1-23-20(24-16-21(6-15-29-17-21)27-11-13-28-14-12-27)26-9-7-25(8-10-26)19-5-3-2-4-18(19)22/h2-5H,6-17H2,1H3,(H,23,24). The van der Waals surface area contributed by atoms with Gasteiger partial charge in [-0.2, -0.15) is 11.8 Å². The number of nitrogens with one attached hydrogen (secondary N) is 1. The van der Waals surface area contributed by atoms with Crippen LogP contribution in [0.5, 0.6) is 0 Å². The number of ether oxygens (including phenoxy) is 1. The molecule has 1 unspecified atom stereocenters. The van der Waals surface area contributed by atoms with Crippen molar-refractivity contribution < 1.29 is 9.13 Å². The summed E-state index contributed by atoms with van der Waals surface area (Å²) in [5, 5.41) is 3.67. The third-order valence-corrected chi connectivity index (χ3v) is 7.56. The van der Waals surface area contributed by atoms with Crippen LogP contribution in [0.2, 0.25) is 0 Å². The first-order valence-corrected chi connectivity index (χ1v) is 11.7. The molecule has 1 aromatic carbocycles. The van der Waals surface area contributed by atoms with Gasteiger partial charge in [0.2, 0.25) is 0 Å². The number of halogens is 1. The first-order valence-electron chi connectivity index (χ1n) is 10.6. The van der Waals surface area contributed by atoms with Crippen molar-refractivity contribution in [1.29, 1.82) is 0 Å². The van der Waals surface area contributed by atoms with Crippen LogP contribution >= 0.6 is 11.8 Å². The first kappa shape index (κ1) is 20.8. The van der Waals surface area contributed by atoms with Crippen molar-refractivity contribution >= 4 is 23.4 Å². The molecule has 3 fully saturated rings. The fourth-order valence-electron chi connectivity index (χ4n) is 4.58. The van der Waals surface area contributed by atoms with Gasteiger partial charge in [0.1, 0.15) is 5.82 Å². The van der Waals surface area contributed by atoms with Crippen LogP contribution in [-0.4, -0.2) is 98.9 Å². The molecule has 3 aliphatic rings. The van der Waals surface area contributed by atoms with Gasteiger partial charge in [-0.05, 0) is 24.3 Å². The lowest BCUT2D eigenvalue weighted by Crippen LogP contribution is -2.61. The summed E-state index contributed by atoms with van der Waals surface area (Å²) in [4.78, 5) is 11.6. The van der Waals surface area contributed by atoms with Crippen LogP contribution in [0.4, 0.5) is 10.1 Å². The van der Waals surface area contributed by atoms with E-state index >= 15 is 0 Å². The fourth-order valence-corrected chi connectivity index (χ4v) is 6.06. The second kappa shape index (κ2) is 9.53. The number of hydrogen-bond donors (Lipinski definition) is 1. The molecule has 4 rings (SSSR count). The Hall–Kier alpha value is -1.51. The van der Waals surface area contributed by atoms with E-state index in [1.165, 1.54) is 18.2 Å². The van der Waals surface area contributed by atoms with Crippen LogP contribution < -0.4 is 10.2 Å². The summed E-state index contributed by atoms with van der Waals surface area (Å²) in [6.07, 6.45) is 1.21. The monoisotopic (exact) mass is 421 g/mol. The number of nitrogens with zero attached hydrogens (tertiary/aromatic N) is 4. The maximum atomic E-state index is 14.1. The van der Waals surface area contributed by atoms with Gasteiger partial charge in [-0.25, -0.2) is 4.39 Å². The number of anilines is 1. The SMILES string of the molecule is CN=C(NCC1(N2CCOCC2)CCSC1)N1CCN(c2ccccc2F)CC1. The summed E-state index contributed by atoms with van der Waals surface area (Å²) >= 11 is 2.05. The minimum absolute atomic E-state index is 0.144. The van der Waals surface area contributed by atoms with Gasteiger partial charge in [-0.3, -0.25) is 9.89 Å². The molecule has 1 atom stereocenters. The number of benzene rings is 1. The Morgan fingerprint density at radius 1 is 1.17 bits per heavy atom. The molecule has 0 aromatic heterocycles. The summed E-state index contributed by atoms with van der Waals surface area (Å²) in [7, 11) is 1.86. The third kappa shape index (κ3) is 4.64. The Bertz CT molecular complexity index is 698. The molecular formula is C21H32FN5OS. The van der Waals surface area contributed by atoms with E-state index < -0.39 is 0 Å². The topological polar surface area (TPSA) is 43.3 Å². The van der Waals surface area contributed by atoms with E-state index in [0.717, 1.165) is 70.7 Å². The van der Waals surface area contributed by atoms with E-state index in [2.05, 4.69) is 36.8 Å². The summed E-state index contributed by atoms with van der Waals surface area (Å²) in [6, 6.07) is 7.04. The minimum Gasteiger partial charge on any atom is -0.379 e. The molecule has 29 heavy (non-hydrogen) atoms. The largest absolute Gasteiger partial charge is 0.379 e. The summed E-state index contributed by atoms with van der Waals surface area (Å²) in [6.45, 7) is 7.89. The summed E-state index contributed by atoms with van der Waals surface area (Å²) < 4.78 is 19.7. The maximum Gasteiger partial charge on any atom is 0.193 e. The zero-order valence-corrected chi connectivity index (χ0v) is 18.1. The Kier molecular flexibility index (Phi) is 6.82. The highest BCUT2D eigenvalue weighted by Gasteiger charge is 2.41. The predicted octanol–water partition coefficient (Wildman–Crippen LogP) is 1.73. The number of thioether (sulfide) groups is 1. The molecule has 1 aromatic rings. The smallest absolute Gasteiger partial charge is 0.193 e. The van der Waals surface area contributed by atoms with Gasteiger partial charge in [0.05, 0.1) is 18.9 Å². The van der Waals surface area contributed by atoms with E-state index in [0.29, 0.717) is 5.69 Å². The van der Waals surface area contributed by atoms with Gasteiger partial charge in [0.15, 0.2) is 5.96 Å². The molecule has 3 saturated heterocycles. The number of piperazine rings is 1. The van der Waals surface area contributed by atoms with Crippen LogP contribution in [0.3, 0.4) is 0 Å². The van der Waals surface area contributed by atoms with Gasteiger partial charge in [0.25, 0.3) is 0 Å². The number of rotatable bonds is 4. The van der Waals surface area contributed by atoms with Gasteiger partial charge in [-0.15, -0.1) is 0 Å². The lowest BCUT2D eigenvalue weighted by Gasteiger charge is -2.44. The van der Waals surface area contributed by atoms with Gasteiger partial charge in [0, 0.05) is 64.2 Å². The lowest BCUT2D eigenvalue weighted by molar-refractivity contribution is -0.0121. The molecule has 0 spiro atoms. The molecular weight excluding hydrogens is 389 g/mol. The highest BCUT2D eigenvalue weighted by Crippen LogP contribution is 2.33. The molecule has 3 aliphatic heterocycles. The lowest BCUT2D eigenvalue weighted by atomic mass is 9.95. The van der Waals surface area contributed by atoms with Crippen molar-refractivity contribution in [2.75, 3.05) is 82.5 Å². The molecule has 160 valence electrons. The van der Waals surface area contributed by atoms with Gasteiger partial charge in [-0.1, -0.05) is 12.1 Å². The average Bonchev–Trinajstić information content (AvgIpc) is 3.26. The van der Waals surface area contributed by atoms with Gasteiger partial charge < -0.3 is 19.9 Å². The van der Waals surface area contributed by atoms with Crippen LogP contribution in [-0.2, 0) is 4.74 Å². The number of morpholine rings is 1. The normalized spacial score (nSPS) is 26.8. The van der Waals surface area contributed by atoms with Crippen molar-refractivity contribution in [2.24, 2.45) is 4.99 Å². The van der Waals surface area contributed by atoms with E-state index in [1.807, 2.05) is 19.2 Å². The maximum absolute atomic E-state index is 14.1. The molecule has 0 saturated carbocycles. The number of aliphatic imine (C=N–C) groups is 1. The van der Waals surface area contributed by atoms with Crippen molar-refractivity contribution in [1.82, 2.24) is 15.1 Å². The Balaban J connectivity index is 1.34. The van der Waals surface area contributed by atoms with Crippen LogP contribution in [0.25, 0.3) is 0 Å². The molecule has 3 heterocycles. The summed E-state index contributed by atoms with van der Waals surface area (Å²) in [5.74, 6) is 3.20. The van der Waals surface area contributed by atoms with E-state index in [-0.39, 0.29) is 11.4 Å². The van der Waals surface area contributed by atoms with Gasteiger partial charge >= 0.3 is 0 Å². The summed E-state index contributed by atoms with van der Waals surface area (Å²) in [5.41, 5.74) is 0.892. The first-order chi connectivity index (χ1) is 14.2. The van der Waals surface area contributed by atoms with E-state index in [9.17, 15) is 4.39 Å². The molecule has 8 heteroatoms. The second-order valence-corrected chi connectivity index (χ2v) is 9.06. The molecule has 0 radical (unpaired) electrons. The van der Waals surface area contributed by atoms with Crippen molar-refractivity contribution in [3.05, 3.63) is 30.1 Å². The predicted molar refractivity (Wildman–Crippen MR) is 119 cm³/mol. The highest BCUT2D eigenvalue weighted by molar-refractivity contribution is 7.99. The molecule has 0 bridgehead atoms. The number of hydrogen-bond acceptors (Lipinski definition) is 5. The minimum atomic E-state index is -0.144. The zero-order chi connectivity index (χ0) is 20.1. The third-order valence-electron chi connectivity index (χ3n) is 6.32. The van der Waals surface area contributed by atoms with Crippen LogP contribution in [0, 0.1) is 5.82 Å². The quantitative estimate of drug-likeness (QED) is 0.590. The van der Waals surface area contributed by atoms with Crippen molar-refractivity contribution in [2.45, 2.75) is 12.0 Å². The highest BCUT2D eigenvalue weighted by atomic mass is 32.2. The fraction of sp³-hybridized carbons (Fsp3) is 0.667. The number of guanidine groups is 1. The molecule has 6 nitrogen and oxygen atoms in total. The van der Waals surface area contributed by atoms with Crippen molar-refractivity contribution in [3.63, 3.8) is 0 Å². The zero-order valence-electron chi connectivity index (χ0n) is 17.3. The Labute approximate surface area is 177 Å². The Morgan fingerprint density at radius 3 is 2.59 bits per heavy atom. The number of para-hydroxylation sites is 1. The molecule has 1 N–H and O–H groups in total. The van der Waals surface area contributed by atoms with Crippen molar-refractivity contribution in [3.8, 4) is 0 Å². The Morgan fingerprint density at radius 2 is 1.93 bits per heavy atom. The van der Waals surface area contributed by atoms with E-state index in [1.54, 1.807) is 6.07 Å². The van der Waals surface area contributed by atoms with E-state index in [4.69, 9.17) is 4.74 Å².